The number of nitrogens with zero attached hydrogens (tertiary/aromatic N) is 4. The Labute approximate surface area is 289 Å². The number of aryl methyl sites for hydroxylation is 1. The van der Waals surface area contributed by atoms with E-state index in [0.717, 1.165) is 58.3 Å². The zero-order valence-corrected chi connectivity index (χ0v) is 27.3. The van der Waals surface area contributed by atoms with Crippen molar-refractivity contribution in [3.05, 3.63) is 152 Å². The van der Waals surface area contributed by atoms with Crippen LogP contribution >= 0.6 is 0 Å². The normalized spacial score (nSPS) is 12.7. The fraction of sp³-hybridized carbons (Fsp3) is 0.0667. The number of benzene rings is 7. The number of ether oxygens (including phenoxy) is 1. The van der Waals surface area contributed by atoms with Crippen LogP contribution in [-0.2, 0) is 6.54 Å². The van der Waals surface area contributed by atoms with E-state index in [4.69, 9.17) is 19.7 Å². The smallest absolute Gasteiger partial charge is 0.255 e. The molecule has 5 nitrogen and oxygen atoms in total. The van der Waals surface area contributed by atoms with Crippen LogP contribution in [0.3, 0.4) is 0 Å². The summed E-state index contributed by atoms with van der Waals surface area (Å²) >= 11 is 0. The molecule has 0 amide bonds. The summed E-state index contributed by atoms with van der Waals surface area (Å²) in [5, 5.41) is 8.29. The third-order valence-electron chi connectivity index (χ3n) is 9.91. The Morgan fingerprint density at radius 2 is 1.16 bits per heavy atom. The minimum Gasteiger partial charge on any atom is -0.487 e. The zero-order valence-electron chi connectivity index (χ0n) is 27.3. The van der Waals surface area contributed by atoms with Crippen LogP contribution in [0.5, 0.6) is 5.75 Å². The molecule has 0 unspecified atom stereocenters. The fourth-order valence-electron chi connectivity index (χ4n) is 7.63. The average molecular weight is 644 g/mol. The minimum atomic E-state index is 0.653. The predicted molar refractivity (Wildman–Crippen MR) is 202 cm³/mol. The van der Waals surface area contributed by atoms with Crippen molar-refractivity contribution in [1.29, 1.82) is 0 Å². The van der Waals surface area contributed by atoms with Gasteiger partial charge in [-0.05, 0) is 67.7 Å². The summed E-state index contributed by atoms with van der Waals surface area (Å²) < 4.78 is 8.58. The Balaban J connectivity index is 1.25. The molecule has 0 fully saturated rings. The standard InChI is InChI=1S/C45H31N4O/c1-3-12-29(13-4-1)43-46-44(30-14-5-2-6-15-30)48-45(47-43)38-19-9-18-33-34(38)21-22-36-39(33)28-31-16-7-8-17-32(31)41(36)35-23-24-40-42-37(35)20-10-25-49(42)26-11-27-50-40/h1-10,12-25,28H,11,26-27H2/q+1. The van der Waals surface area contributed by atoms with E-state index >= 15 is 0 Å². The molecule has 3 heterocycles. The lowest BCUT2D eigenvalue weighted by molar-refractivity contribution is -0.670. The molecule has 2 aromatic heterocycles. The van der Waals surface area contributed by atoms with Crippen molar-refractivity contribution in [2.24, 2.45) is 0 Å². The fourth-order valence-corrected chi connectivity index (χ4v) is 7.63. The number of pyridine rings is 1. The van der Waals surface area contributed by atoms with Crippen LogP contribution in [0.25, 0.3) is 88.5 Å². The molecule has 0 spiro atoms. The first-order valence-electron chi connectivity index (χ1n) is 17.1. The number of fused-ring (bicyclic) bond motifs is 4. The first kappa shape index (κ1) is 28.5. The highest BCUT2D eigenvalue weighted by molar-refractivity contribution is 6.23. The quantitative estimate of drug-likeness (QED) is 0.109. The molecule has 0 atom stereocenters. The molecular weight excluding hydrogens is 613 g/mol. The molecule has 236 valence electrons. The van der Waals surface area contributed by atoms with Gasteiger partial charge in [-0.1, -0.05) is 115 Å². The third kappa shape index (κ3) is 4.62. The zero-order chi connectivity index (χ0) is 33.0. The van der Waals surface area contributed by atoms with Crippen molar-refractivity contribution in [3.63, 3.8) is 0 Å². The number of hydrogen-bond donors (Lipinski definition) is 0. The molecule has 9 aromatic rings. The number of hydrogen-bond acceptors (Lipinski definition) is 4. The summed E-state index contributed by atoms with van der Waals surface area (Å²) in [6.07, 6.45) is 3.16. The van der Waals surface area contributed by atoms with E-state index in [-0.39, 0.29) is 0 Å². The van der Waals surface area contributed by atoms with Gasteiger partial charge < -0.3 is 4.74 Å². The SMILES string of the molecule is c1ccc(-c2nc(-c3ccccc3)nc(-c3cccc4c3ccc3c(-c5ccc6c7c5ccc[n+]7CCCO6)c5ccccc5cc34)n2)cc1. The third-order valence-corrected chi connectivity index (χ3v) is 9.91. The van der Waals surface area contributed by atoms with Gasteiger partial charge in [-0.3, -0.25) is 0 Å². The monoisotopic (exact) mass is 643 g/mol. The Morgan fingerprint density at radius 1 is 0.480 bits per heavy atom. The summed E-state index contributed by atoms with van der Waals surface area (Å²) in [6, 6.07) is 51.2. The highest BCUT2D eigenvalue weighted by Crippen LogP contribution is 2.44. The number of rotatable bonds is 4. The van der Waals surface area contributed by atoms with Gasteiger partial charge in [0.1, 0.15) is 0 Å². The van der Waals surface area contributed by atoms with Crippen molar-refractivity contribution in [3.8, 4) is 51.0 Å². The lowest BCUT2D eigenvalue weighted by Gasteiger charge is -2.17. The topological polar surface area (TPSA) is 51.8 Å². The van der Waals surface area contributed by atoms with Gasteiger partial charge in [0.25, 0.3) is 5.52 Å². The molecule has 50 heavy (non-hydrogen) atoms. The van der Waals surface area contributed by atoms with E-state index in [9.17, 15) is 0 Å². The molecule has 1 aliphatic rings. The van der Waals surface area contributed by atoms with Crippen LogP contribution in [0.15, 0.2) is 152 Å². The first-order chi connectivity index (χ1) is 24.8. The largest absolute Gasteiger partial charge is 0.487 e. The van der Waals surface area contributed by atoms with E-state index < -0.39 is 0 Å². The van der Waals surface area contributed by atoms with Gasteiger partial charge in [0, 0.05) is 29.2 Å². The maximum Gasteiger partial charge on any atom is 0.255 e. The van der Waals surface area contributed by atoms with E-state index in [1.165, 1.54) is 38.1 Å². The molecule has 5 heteroatoms. The van der Waals surface area contributed by atoms with Gasteiger partial charge in [0.15, 0.2) is 36.0 Å². The summed E-state index contributed by atoms with van der Waals surface area (Å²) in [4.78, 5) is 15.1. The molecule has 0 bridgehead atoms. The Bertz CT molecular complexity index is 2690. The summed E-state index contributed by atoms with van der Waals surface area (Å²) in [5.41, 5.74) is 6.48. The molecule has 10 rings (SSSR count). The lowest BCUT2D eigenvalue weighted by atomic mass is 9.87. The number of aromatic nitrogens is 4. The van der Waals surface area contributed by atoms with E-state index in [0.29, 0.717) is 17.5 Å². The van der Waals surface area contributed by atoms with Gasteiger partial charge >= 0.3 is 0 Å². The van der Waals surface area contributed by atoms with Gasteiger partial charge in [-0.15, -0.1) is 0 Å². The van der Waals surface area contributed by atoms with Gasteiger partial charge in [-0.2, -0.15) is 4.57 Å². The molecule has 7 aromatic carbocycles. The van der Waals surface area contributed by atoms with Gasteiger partial charge in [0.2, 0.25) is 0 Å². The van der Waals surface area contributed by atoms with Crippen molar-refractivity contribution < 1.29 is 9.30 Å². The Hall–Kier alpha value is -6.46. The second kappa shape index (κ2) is 11.6. The van der Waals surface area contributed by atoms with E-state index in [1.807, 2.05) is 60.7 Å². The van der Waals surface area contributed by atoms with Crippen LogP contribution < -0.4 is 9.30 Å². The Morgan fingerprint density at radius 3 is 1.96 bits per heavy atom. The minimum absolute atomic E-state index is 0.653. The molecule has 0 aliphatic carbocycles. The predicted octanol–water partition coefficient (Wildman–Crippen LogP) is 10.2. The molecule has 0 radical (unpaired) electrons. The summed E-state index contributed by atoms with van der Waals surface area (Å²) in [7, 11) is 0. The van der Waals surface area contributed by atoms with E-state index in [2.05, 4.69) is 95.7 Å². The molecule has 0 saturated carbocycles. The van der Waals surface area contributed by atoms with Crippen LogP contribution in [0.2, 0.25) is 0 Å². The maximum absolute atomic E-state index is 6.24. The van der Waals surface area contributed by atoms with Crippen molar-refractivity contribution in [1.82, 2.24) is 15.0 Å². The van der Waals surface area contributed by atoms with Crippen LogP contribution in [-0.4, -0.2) is 21.6 Å². The maximum atomic E-state index is 6.24. The summed E-state index contributed by atoms with van der Waals surface area (Å²) in [5.74, 6) is 2.91. The second-order valence-corrected chi connectivity index (χ2v) is 12.8. The highest BCUT2D eigenvalue weighted by Gasteiger charge is 2.24. The molecule has 1 aliphatic heterocycles. The molecule has 0 saturated heterocycles. The van der Waals surface area contributed by atoms with Gasteiger partial charge in [0.05, 0.1) is 12.0 Å². The van der Waals surface area contributed by atoms with Crippen molar-refractivity contribution in [2.45, 2.75) is 13.0 Å². The molecule has 0 N–H and O–H groups in total. The first-order valence-corrected chi connectivity index (χ1v) is 17.1. The van der Waals surface area contributed by atoms with Crippen LogP contribution in [0, 0.1) is 0 Å². The van der Waals surface area contributed by atoms with Crippen LogP contribution in [0.4, 0.5) is 0 Å². The second-order valence-electron chi connectivity index (χ2n) is 12.8. The molecular formula is C45H31N4O+. The lowest BCUT2D eigenvalue weighted by Crippen LogP contribution is -2.33. The van der Waals surface area contributed by atoms with Crippen molar-refractivity contribution >= 4 is 43.2 Å². The summed E-state index contributed by atoms with van der Waals surface area (Å²) in [6.45, 7) is 1.66. The van der Waals surface area contributed by atoms with Crippen LogP contribution in [0.1, 0.15) is 6.42 Å². The highest BCUT2D eigenvalue weighted by atomic mass is 16.5. The average Bonchev–Trinajstić information content (AvgIpc) is 3.41. The van der Waals surface area contributed by atoms with Crippen molar-refractivity contribution in [2.75, 3.05) is 6.61 Å². The Kier molecular flexibility index (Phi) is 6.62. The van der Waals surface area contributed by atoms with E-state index in [1.54, 1.807) is 0 Å². The van der Waals surface area contributed by atoms with Gasteiger partial charge in [-0.25, -0.2) is 15.0 Å².